The maximum absolute atomic E-state index is 10.0. The van der Waals surface area contributed by atoms with Gasteiger partial charge in [0.2, 0.25) is 11.8 Å². The van der Waals surface area contributed by atoms with E-state index < -0.39 is 0 Å². The number of anilines is 2. The predicted molar refractivity (Wildman–Crippen MR) is 143 cm³/mol. The number of aromatic hydroxyl groups is 1. The van der Waals surface area contributed by atoms with Crippen LogP contribution in [-0.2, 0) is 4.74 Å². The Bertz CT molecular complexity index is 1230. The Labute approximate surface area is 222 Å². The zero-order valence-corrected chi connectivity index (χ0v) is 21.8. The summed E-state index contributed by atoms with van der Waals surface area (Å²) >= 11 is 0. The molecule has 3 aromatic heterocycles. The molecule has 0 amide bonds. The van der Waals surface area contributed by atoms with Gasteiger partial charge >= 0.3 is 0 Å². The second-order valence-electron chi connectivity index (χ2n) is 10.4. The van der Waals surface area contributed by atoms with Crippen LogP contribution in [0.1, 0.15) is 32.1 Å². The molecule has 6 rings (SSSR count). The summed E-state index contributed by atoms with van der Waals surface area (Å²) in [6, 6.07) is 3.91. The van der Waals surface area contributed by atoms with Crippen molar-refractivity contribution < 1.29 is 19.3 Å². The highest BCUT2D eigenvalue weighted by Gasteiger charge is 2.26. The second-order valence-corrected chi connectivity index (χ2v) is 10.4. The number of fused-ring (bicyclic) bond motifs is 1. The number of hydrogen-bond donors (Lipinski definition) is 2. The molecule has 11 nitrogen and oxygen atoms in total. The predicted octanol–water partition coefficient (Wildman–Crippen LogP) is 2.85. The molecule has 2 aliphatic heterocycles. The van der Waals surface area contributed by atoms with Gasteiger partial charge < -0.3 is 34.4 Å². The van der Waals surface area contributed by atoms with E-state index in [4.69, 9.17) is 19.2 Å². The van der Waals surface area contributed by atoms with Crippen LogP contribution >= 0.6 is 0 Å². The SMILES string of the molecule is CN1CC[C@@H](Oc2cnc(N[C@H]3CC[C@@H](Oc4nc(N5CCOCC5)cc5ncc(O)cc45)CC3)nc2)C1. The van der Waals surface area contributed by atoms with E-state index in [0.717, 1.165) is 75.0 Å². The third-order valence-electron chi connectivity index (χ3n) is 7.52. The third-order valence-corrected chi connectivity index (χ3v) is 7.52. The lowest BCUT2D eigenvalue weighted by Gasteiger charge is -2.31. The molecule has 3 aliphatic rings. The number of ether oxygens (including phenoxy) is 3. The van der Waals surface area contributed by atoms with Crippen molar-refractivity contribution in [1.82, 2.24) is 24.8 Å². The first-order chi connectivity index (χ1) is 18.6. The van der Waals surface area contributed by atoms with Gasteiger partial charge in [0.15, 0.2) is 5.75 Å². The smallest absolute Gasteiger partial charge is 0.225 e. The molecule has 0 bridgehead atoms. The molecule has 11 heteroatoms. The summed E-state index contributed by atoms with van der Waals surface area (Å²) in [5, 5.41) is 14.2. The van der Waals surface area contributed by atoms with E-state index in [9.17, 15) is 5.11 Å². The molecule has 38 heavy (non-hydrogen) atoms. The lowest BCUT2D eigenvalue weighted by molar-refractivity contribution is 0.122. The molecule has 202 valence electrons. The van der Waals surface area contributed by atoms with Gasteiger partial charge in [-0.2, -0.15) is 4.98 Å². The summed E-state index contributed by atoms with van der Waals surface area (Å²) in [6.45, 7) is 4.90. The van der Waals surface area contributed by atoms with Crippen LogP contribution in [-0.4, -0.2) is 94.6 Å². The number of likely N-dealkylation sites (tertiary alicyclic amines) is 1. The van der Waals surface area contributed by atoms with E-state index in [1.54, 1.807) is 18.5 Å². The standard InChI is InChI=1S/C27H35N7O4/c1-33-7-6-21(17-33)37-22-15-29-27(30-16-22)31-18-2-4-20(5-3-18)38-26-23-12-19(35)14-28-24(23)13-25(32-26)34-8-10-36-11-9-34/h12-16,18,20-21,35H,2-11,17H2,1H3,(H,29,30,31)/t18-,20+,21-/m1/s1. The van der Waals surface area contributed by atoms with Gasteiger partial charge in [-0.3, -0.25) is 4.98 Å². The first-order valence-electron chi connectivity index (χ1n) is 13.5. The van der Waals surface area contributed by atoms with Gasteiger partial charge in [0.25, 0.3) is 0 Å². The lowest BCUT2D eigenvalue weighted by atomic mass is 9.93. The summed E-state index contributed by atoms with van der Waals surface area (Å²) in [6.07, 6.45) is 9.87. The van der Waals surface area contributed by atoms with E-state index in [1.807, 2.05) is 6.07 Å². The number of nitrogens with zero attached hydrogens (tertiary/aromatic N) is 6. The number of hydrogen-bond acceptors (Lipinski definition) is 11. The summed E-state index contributed by atoms with van der Waals surface area (Å²) < 4.78 is 17.9. The Morgan fingerprint density at radius 2 is 1.71 bits per heavy atom. The van der Waals surface area contributed by atoms with Crippen LogP contribution in [0.4, 0.5) is 11.8 Å². The molecule has 1 saturated carbocycles. The van der Waals surface area contributed by atoms with Crippen LogP contribution in [0.5, 0.6) is 17.4 Å². The summed E-state index contributed by atoms with van der Waals surface area (Å²) in [4.78, 5) is 22.7. The van der Waals surface area contributed by atoms with Crippen molar-refractivity contribution in [3.8, 4) is 17.4 Å². The molecular weight excluding hydrogens is 486 g/mol. The van der Waals surface area contributed by atoms with Gasteiger partial charge in [-0.15, -0.1) is 0 Å². The molecule has 1 aliphatic carbocycles. The Balaban J connectivity index is 1.06. The van der Waals surface area contributed by atoms with Crippen LogP contribution in [0.3, 0.4) is 0 Å². The van der Waals surface area contributed by atoms with Gasteiger partial charge in [0.1, 0.15) is 23.8 Å². The number of morpholine rings is 1. The number of likely N-dealkylation sites (N-methyl/N-ethyl adjacent to an activating group) is 1. The van der Waals surface area contributed by atoms with Crippen molar-refractivity contribution >= 4 is 22.7 Å². The second kappa shape index (κ2) is 11.1. The molecule has 0 spiro atoms. The molecule has 0 radical (unpaired) electrons. The monoisotopic (exact) mass is 521 g/mol. The topological polar surface area (TPSA) is 118 Å². The molecular formula is C27H35N7O4. The molecule has 5 heterocycles. The number of rotatable bonds is 7. The minimum atomic E-state index is 0.0345. The fourth-order valence-corrected chi connectivity index (χ4v) is 5.41. The highest BCUT2D eigenvalue weighted by Crippen LogP contribution is 2.33. The van der Waals surface area contributed by atoms with Crippen molar-refractivity contribution in [3.63, 3.8) is 0 Å². The van der Waals surface area contributed by atoms with Gasteiger partial charge in [-0.1, -0.05) is 0 Å². The van der Waals surface area contributed by atoms with Crippen molar-refractivity contribution in [3.05, 3.63) is 30.7 Å². The third kappa shape index (κ3) is 5.83. The minimum absolute atomic E-state index is 0.0345. The Morgan fingerprint density at radius 3 is 2.45 bits per heavy atom. The molecule has 2 saturated heterocycles. The van der Waals surface area contributed by atoms with Crippen LogP contribution in [0.2, 0.25) is 0 Å². The minimum Gasteiger partial charge on any atom is -0.506 e. The number of nitrogens with one attached hydrogen (secondary N) is 1. The van der Waals surface area contributed by atoms with Crippen molar-refractivity contribution in [2.24, 2.45) is 0 Å². The summed E-state index contributed by atoms with van der Waals surface area (Å²) in [5.74, 6) is 2.79. The number of pyridine rings is 2. The Morgan fingerprint density at radius 1 is 0.921 bits per heavy atom. The Hall–Kier alpha value is -3.44. The largest absolute Gasteiger partial charge is 0.506 e. The fourth-order valence-electron chi connectivity index (χ4n) is 5.41. The summed E-state index contributed by atoms with van der Waals surface area (Å²) in [5.41, 5.74) is 0.758. The van der Waals surface area contributed by atoms with Crippen LogP contribution in [0.25, 0.3) is 10.9 Å². The van der Waals surface area contributed by atoms with Crippen molar-refractivity contribution in [2.45, 2.75) is 50.4 Å². The normalized spacial score (nSPS) is 24.4. The zero-order valence-electron chi connectivity index (χ0n) is 21.8. The lowest BCUT2D eigenvalue weighted by Crippen LogP contribution is -2.37. The summed E-state index contributed by atoms with van der Waals surface area (Å²) in [7, 11) is 2.11. The van der Waals surface area contributed by atoms with E-state index in [2.05, 4.69) is 37.1 Å². The van der Waals surface area contributed by atoms with Gasteiger partial charge in [0.05, 0.1) is 42.7 Å². The molecule has 0 aromatic carbocycles. The van der Waals surface area contributed by atoms with E-state index in [-0.39, 0.29) is 24.0 Å². The highest BCUT2D eigenvalue weighted by atomic mass is 16.5. The Kier molecular flexibility index (Phi) is 7.28. The van der Waals surface area contributed by atoms with Crippen LogP contribution in [0.15, 0.2) is 30.7 Å². The average Bonchev–Trinajstić information content (AvgIpc) is 3.35. The average molecular weight is 522 g/mol. The van der Waals surface area contributed by atoms with Gasteiger partial charge in [0, 0.05) is 38.3 Å². The van der Waals surface area contributed by atoms with E-state index in [0.29, 0.717) is 30.8 Å². The molecule has 3 aromatic rings. The first-order valence-corrected chi connectivity index (χ1v) is 13.5. The first kappa shape index (κ1) is 24.9. The molecule has 1 atom stereocenters. The maximum atomic E-state index is 10.0. The van der Waals surface area contributed by atoms with E-state index in [1.165, 1.54) is 6.20 Å². The van der Waals surface area contributed by atoms with E-state index >= 15 is 0 Å². The molecule has 2 N–H and O–H groups in total. The van der Waals surface area contributed by atoms with Crippen molar-refractivity contribution in [2.75, 3.05) is 56.7 Å². The van der Waals surface area contributed by atoms with Gasteiger partial charge in [-0.25, -0.2) is 9.97 Å². The molecule has 3 fully saturated rings. The number of aromatic nitrogens is 4. The zero-order chi connectivity index (χ0) is 25.9. The maximum Gasteiger partial charge on any atom is 0.225 e. The van der Waals surface area contributed by atoms with Gasteiger partial charge in [-0.05, 0) is 45.2 Å². The quantitative estimate of drug-likeness (QED) is 0.478. The highest BCUT2D eigenvalue weighted by molar-refractivity contribution is 5.86. The fraction of sp³-hybridized carbons (Fsp3) is 0.556. The van der Waals surface area contributed by atoms with Crippen LogP contribution < -0.4 is 19.7 Å². The van der Waals surface area contributed by atoms with Crippen LogP contribution in [0, 0.1) is 0 Å². The molecule has 0 unspecified atom stereocenters. The van der Waals surface area contributed by atoms with Crippen molar-refractivity contribution in [1.29, 1.82) is 0 Å².